The number of hydrogen-bond donors (Lipinski definition) is 2. The van der Waals surface area contributed by atoms with E-state index in [4.69, 9.17) is 11.6 Å². The Morgan fingerprint density at radius 1 is 1.23 bits per heavy atom. The Bertz CT molecular complexity index is 901. The molecule has 6 nitrogen and oxygen atoms in total. The Balaban J connectivity index is 1.58. The fourth-order valence-electron chi connectivity index (χ4n) is 3.87. The Morgan fingerprint density at radius 3 is 2.81 bits per heavy atom. The van der Waals surface area contributed by atoms with Gasteiger partial charge in [0.25, 0.3) is 5.91 Å². The van der Waals surface area contributed by atoms with Gasteiger partial charge in [0.05, 0.1) is 22.3 Å². The second-order valence-corrected chi connectivity index (χ2v) is 7.36. The van der Waals surface area contributed by atoms with Gasteiger partial charge in [-0.2, -0.15) is 5.06 Å². The van der Waals surface area contributed by atoms with Crippen LogP contribution in [0, 0.1) is 5.41 Å². The number of hydrogen-bond acceptors (Lipinski definition) is 4. The van der Waals surface area contributed by atoms with Gasteiger partial charge in [0, 0.05) is 18.3 Å². The molecule has 0 unspecified atom stereocenters. The summed E-state index contributed by atoms with van der Waals surface area (Å²) in [5.74, 6) is -0.408. The molecule has 7 heteroatoms. The van der Waals surface area contributed by atoms with Crippen LogP contribution in [0.25, 0.3) is 0 Å². The van der Waals surface area contributed by atoms with Crippen molar-refractivity contribution in [3.8, 4) is 0 Å². The fraction of sp³-hybridized carbons (Fsp3) is 0.316. The van der Waals surface area contributed by atoms with Crippen molar-refractivity contribution < 1.29 is 14.8 Å². The summed E-state index contributed by atoms with van der Waals surface area (Å²) >= 11 is 5.86. The molecule has 2 aromatic rings. The molecule has 0 bridgehead atoms. The number of benzene rings is 1. The second kappa shape index (κ2) is 6.37. The molecule has 26 heavy (non-hydrogen) atoms. The smallest absolute Gasteiger partial charge is 0.282 e. The zero-order valence-corrected chi connectivity index (χ0v) is 14.8. The maximum atomic E-state index is 12.6. The number of hydroxylamine groups is 1. The van der Waals surface area contributed by atoms with E-state index in [1.807, 2.05) is 6.07 Å². The van der Waals surface area contributed by atoms with Crippen LogP contribution in [0.15, 0.2) is 36.7 Å². The van der Waals surface area contributed by atoms with Crippen molar-refractivity contribution in [3.05, 3.63) is 58.4 Å². The van der Waals surface area contributed by atoms with E-state index < -0.39 is 5.91 Å². The van der Waals surface area contributed by atoms with Crippen LogP contribution in [0.2, 0.25) is 5.02 Å². The van der Waals surface area contributed by atoms with Crippen molar-refractivity contribution in [2.24, 2.45) is 5.41 Å². The Morgan fingerprint density at radius 2 is 2.08 bits per heavy atom. The fourth-order valence-corrected chi connectivity index (χ4v) is 4.04. The maximum Gasteiger partial charge on any atom is 0.282 e. The average Bonchev–Trinajstić information content (AvgIpc) is 3.00. The van der Waals surface area contributed by atoms with Crippen molar-refractivity contribution in [2.45, 2.75) is 25.7 Å². The summed E-state index contributed by atoms with van der Waals surface area (Å²) in [6.45, 7) is 0.734. The molecule has 2 N–H and O–H groups in total. The number of halogens is 1. The number of fused-ring (bicyclic) bond motifs is 1. The van der Waals surface area contributed by atoms with Crippen LogP contribution in [-0.4, -0.2) is 28.6 Å². The molecule has 0 radical (unpaired) electrons. The number of carbonyl (C=O) groups is 2. The topological polar surface area (TPSA) is 82.5 Å². The predicted molar refractivity (Wildman–Crippen MR) is 96.4 cm³/mol. The molecule has 1 aromatic heterocycles. The number of rotatable bonds is 2. The van der Waals surface area contributed by atoms with Crippen molar-refractivity contribution >= 4 is 29.1 Å². The van der Waals surface area contributed by atoms with Gasteiger partial charge in [0.2, 0.25) is 5.91 Å². The highest BCUT2D eigenvalue weighted by atomic mass is 35.5. The lowest BCUT2D eigenvalue weighted by atomic mass is 9.70. The SMILES string of the molecule is O=C(c1ccc2c(c1)CC[C@]1(CCNC1=O)C2)N(O)c1cncc(Cl)c1. The minimum absolute atomic E-state index is 0.137. The molecule has 4 rings (SSSR count). The van der Waals surface area contributed by atoms with Crippen LogP contribution in [0.3, 0.4) is 0 Å². The Labute approximate surface area is 155 Å². The van der Waals surface area contributed by atoms with E-state index in [1.54, 1.807) is 12.1 Å². The minimum atomic E-state index is -0.546. The maximum absolute atomic E-state index is 12.6. The number of nitrogens with one attached hydrogen (secondary N) is 1. The number of carbonyl (C=O) groups excluding carboxylic acids is 2. The van der Waals surface area contributed by atoms with E-state index in [0.717, 1.165) is 36.9 Å². The van der Waals surface area contributed by atoms with Gasteiger partial charge in [0.1, 0.15) is 0 Å². The lowest BCUT2D eigenvalue weighted by Crippen LogP contribution is -2.36. The van der Waals surface area contributed by atoms with Gasteiger partial charge in [0.15, 0.2) is 0 Å². The molecule has 2 amide bonds. The van der Waals surface area contributed by atoms with Crippen LogP contribution < -0.4 is 10.4 Å². The molecule has 1 atom stereocenters. The highest BCUT2D eigenvalue weighted by Crippen LogP contribution is 2.41. The van der Waals surface area contributed by atoms with Crippen LogP contribution in [0.1, 0.15) is 34.3 Å². The lowest BCUT2D eigenvalue weighted by Gasteiger charge is -2.32. The molecule has 1 aliphatic heterocycles. The van der Waals surface area contributed by atoms with Gasteiger partial charge in [-0.05, 0) is 55.0 Å². The summed E-state index contributed by atoms with van der Waals surface area (Å²) in [6, 6.07) is 6.85. The monoisotopic (exact) mass is 371 g/mol. The van der Waals surface area contributed by atoms with E-state index >= 15 is 0 Å². The average molecular weight is 372 g/mol. The van der Waals surface area contributed by atoms with Crippen molar-refractivity contribution in [3.63, 3.8) is 0 Å². The van der Waals surface area contributed by atoms with Gasteiger partial charge >= 0.3 is 0 Å². The number of pyridine rings is 1. The summed E-state index contributed by atoms with van der Waals surface area (Å²) < 4.78 is 0. The third-order valence-corrected chi connectivity index (χ3v) is 5.56. The van der Waals surface area contributed by atoms with Crippen LogP contribution in [-0.2, 0) is 17.6 Å². The zero-order valence-electron chi connectivity index (χ0n) is 14.0. The van der Waals surface area contributed by atoms with E-state index in [9.17, 15) is 14.8 Å². The Kier molecular flexibility index (Phi) is 4.17. The third-order valence-electron chi connectivity index (χ3n) is 5.35. The molecular formula is C19H18ClN3O3. The van der Waals surface area contributed by atoms with Crippen molar-refractivity contribution in [2.75, 3.05) is 11.6 Å². The molecule has 1 spiro atoms. The van der Waals surface area contributed by atoms with E-state index in [1.165, 1.54) is 18.5 Å². The molecule has 2 aliphatic rings. The van der Waals surface area contributed by atoms with Gasteiger partial charge < -0.3 is 5.32 Å². The highest BCUT2D eigenvalue weighted by Gasteiger charge is 2.44. The summed E-state index contributed by atoms with van der Waals surface area (Å²) in [7, 11) is 0. The standard InChI is InChI=1S/C19H18ClN3O3/c20-15-8-16(11-21-10-15)23(26)17(24)13-1-2-14-9-19(4-3-12(14)7-13)5-6-22-18(19)25/h1-2,7-8,10-11,26H,3-6,9H2,(H,22,25)/t19-/m0/s1. The van der Waals surface area contributed by atoms with E-state index in [-0.39, 0.29) is 17.0 Å². The van der Waals surface area contributed by atoms with Gasteiger partial charge in [-0.1, -0.05) is 17.7 Å². The number of anilines is 1. The zero-order chi connectivity index (χ0) is 18.3. The van der Waals surface area contributed by atoms with Crippen LogP contribution in [0.4, 0.5) is 5.69 Å². The van der Waals surface area contributed by atoms with E-state index in [0.29, 0.717) is 22.1 Å². The number of nitrogens with zero attached hydrogens (tertiary/aromatic N) is 2. The van der Waals surface area contributed by atoms with Crippen LogP contribution in [0.5, 0.6) is 0 Å². The summed E-state index contributed by atoms with van der Waals surface area (Å²) in [4.78, 5) is 28.6. The molecule has 1 saturated heterocycles. The molecule has 134 valence electrons. The van der Waals surface area contributed by atoms with Crippen LogP contribution >= 0.6 is 11.6 Å². The first-order valence-corrected chi connectivity index (χ1v) is 8.90. The molecular weight excluding hydrogens is 354 g/mol. The second-order valence-electron chi connectivity index (χ2n) is 6.92. The number of amides is 2. The largest absolute Gasteiger partial charge is 0.356 e. The summed E-state index contributed by atoms with van der Waals surface area (Å²) in [6.07, 6.45) is 5.88. The number of aryl methyl sites for hydroxylation is 1. The van der Waals surface area contributed by atoms with Gasteiger partial charge in [-0.25, -0.2) is 0 Å². The summed E-state index contributed by atoms with van der Waals surface area (Å²) in [5.41, 5.74) is 2.45. The molecule has 2 heterocycles. The van der Waals surface area contributed by atoms with Crippen molar-refractivity contribution in [1.29, 1.82) is 0 Å². The quantitative estimate of drug-likeness (QED) is 0.628. The van der Waals surface area contributed by atoms with Gasteiger partial charge in [-0.15, -0.1) is 0 Å². The molecule has 1 aliphatic carbocycles. The summed E-state index contributed by atoms with van der Waals surface area (Å²) in [5, 5.41) is 14.0. The predicted octanol–water partition coefficient (Wildman–Crippen LogP) is 2.77. The molecule has 0 saturated carbocycles. The molecule has 1 fully saturated rings. The van der Waals surface area contributed by atoms with Crippen molar-refractivity contribution in [1.82, 2.24) is 10.3 Å². The first kappa shape index (κ1) is 17.0. The number of aromatic nitrogens is 1. The molecule has 1 aromatic carbocycles. The first-order chi connectivity index (χ1) is 12.5. The van der Waals surface area contributed by atoms with E-state index in [2.05, 4.69) is 10.3 Å². The lowest BCUT2D eigenvalue weighted by molar-refractivity contribution is -0.128. The van der Waals surface area contributed by atoms with Gasteiger partial charge in [-0.3, -0.25) is 19.8 Å². The Hall–Kier alpha value is -2.44. The first-order valence-electron chi connectivity index (χ1n) is 8.52. The minimum Gasteiger partial charge on any atom is -0.356 e. The third kappa shape index (κ3) is 2.85. The highest BCUT2D eigenvalue weighted by molar-refractivity contribution is 6.30. The normalized spacial score (nSPS) is 21.4.